The molecule has 1 fully saturated rings. The predicted octanol–water partition coefficient (Wildman–Crippen LogP) is 1.86. The van der Waals surface area contributed by atoms with Crippen LogP contribution in [0.1, 0.15) is 32.1 Å². The minimum atomic E-state index is -0.847. The van der Waals surface area contributed by atoms with E-state index in [4.69, 9.17) is 0 Å². The minimum Gasteiger partial charge on any atom is -0.300 e. The Labute approximate surface area is 54.3 Å². The van der Waals surface area contributed by atoms with Crippen LogP contribution >= 0.6 is 0 Å². The van der Waals surface area contributed by atoms with E-state index in [0.717, 1.165) is 12.8 Å². The first kappa shape index (κ1) is 6.72. The number of carbonyl (C=O) groups is 1. The van der Waals surface area contributed by atoms with Crippen LogP contribution in [0.25, 0.3) is 0 Å². The van der Waals surface area contributed by atoms with E-state index >= 15 is 0 Å². The van der Waals surface area contributed by atoms with Gasteiger partial charge in [-0.25, -0.2) is 4.39 Å². The zero-order chi connectivity index (χ0) is 6.69. The van der Waals surface area contributed by atoms with Gasteiger partial charge in [-0.05, 0) is 12.8 Å². The molecule has 0 aromatic carbocycles. The molecule has 1 saturated carbocycles. The molecule has 1 aliphatic rings. The van der Waals surface area contributed by atoms with Gasteiger partial charge in [0.1, 0.15) is 12.0 Å². The van der Waals surface area contributed by atoms with Gasteiger partial charge in [0.15, 0.2) is 0 Å². The van der Waals surface area contributed by atoms with Crippen molar-refractivity contribution >= 4 is 5.78 Å². The lowest BCUT2D eigenvalue weighted by atomic mass is 10.2. The molecule has 0 N–H and O–H groups in total. The Morgan fingerprint density at radius 2 is 2.22 bits per heavy atom. The molecule has 52 valence electrons. The summed E-state index contributed by atoms with van der Waals surface area (Å²) < 4.78 is 12.5. The summed E-state index contributed by atoms with van der Waals surface area (Å²) in [5, 5.41) is 0. The fraction of sp³-hybridized carbons (Fsp3) is 0.857. The third kappa shape index (κ3) is 2.12. The normalized spacial score (nSPS) is 29.9. The molecule has 2 heteroatoms. The molecule has 0 spiro atoms. The first-order valence-corrected chi connectivity index (χ1v) is 3.45. The maximum absolute atomic E-state index is 12.5. The highest BCUT2D eigenvalue weighted by Gasteiger charge is 2.15. The molecule has 0 bridgehead atoms. The molecule has 0 radical (unpaired) electrons. The second kappa shape index (κ2) is 2.95. The molecular weight excluding hydrogens is 119 g/mol. The highest BCUT2D eigenvalue weighted by Crippen LogP contribution is 2.16. The summed E-state index contributed by atoms with van der Waals surface area (Å²) in [5.41, 5.74) is 0. The first-order chi connectivity index (χ1) is 4.29. The molecule has 0 aromatic rings. The van der Waals surface area contributed by atoms with Crippen LogP contribution in [0.15, 0.2) is 0 Å². The van der Waals surface area contributed by atoms with Crippen molar-refractivity contribution in [1.29, 1.82) is 0 Å². The molecule has 1 aliphatic carbocycles. The van der Waals surface area contributed by atoms with Gasteiger partial charge in [-0.1, -0.05) is 6.42 Å². The fourth-order valence-corrected chi connectivity index (χ4v) is 1.14. The second-order valence-corrected chi connectivity index (χ2v) is 2.59. The molecular formula is C7H11FO. The molecule has 0 aliphatic heterocycles. The van der Waals surface area contributed by atoms with E-state index in [9.17, 15) is 9.18 Å². The van der Waals surface area contributed by atoms with Gasteiger partial charge in [-0.2, -0.15) is 0 Å². The zero-order valence-corrected chi connectivity index (χ0v) is 5.40. The Balaban J connectivity index is 2.37. The molecule has 0 saturated heterocycles. The predicted molar refractivity (Wildman–Crippen MR) is 33.0 cm³/mol. The maximum atomic E-state index is 12.5. The Hall–Kier alpha value is -0.400. The summed E-state index contributed by atoms with van der Waals surface area (Å²) in [5.74, 6) is 0.0972. The molecule has 1 nitrogen and oxygen atoms in total. The standard InChI is InChI=1S/C7H11FO/c8-6-3-1-2-4-7(9)5-6/h6H,1-5H2. The molecule has 0 amide bonds. The van der Waals surface area contributed by atoms with E-state index in [0.29, 0.717) is 12.8 Å². The largest absolute Gasteiger partial charge is 0.300 e. The lowest BCUT2D eigenvalue weighted by Gasteiger charge is -1.97. The molecule has 9 heavy (non-hydrogen) atoms. The van der Waals surface area contributed by atoms with Crippen LogP contribution in [-0.2, 0) is 4.79 Å². The Bertz CT molecular complexity index is 111. The first-order valence-electron chi connectivity index (χ1n) is 3.45. The van der Waals surface area contributed by atoms with Crippen LogP contribution in [0.4, 0.5) is 4.39 Å². The van der Waals surface area contributed by atoms with Crippen LogP contribution < -0.4 is 0 Å². The quantitative estimate of drug-likeness (QED) is 0.457. The van der Waals surface area contributed by atoms with E-state index in [-0.39, 0.29) is 12.2 Å². The third-order valence-electron chi connectivity index (χ3n) is 1.67. The van der Waals surface area contributed by atoms with Crippen LogP contribution in [0.2, 0.25) is 0 Å². The molecule has 0 heterocycles. The van der Waals surface area contributed by atoms with Crippen LogP contribution in [0.5, 0.6) is 0 Å². The van der Waals surface area contributed by atoms with Gasteiger partial charge >= 0.3 is 0 Å². The summed E-state index contributed by atoms with van der Waals surface area (Å²) in [6, 6.07) is 0. The van der Waals surface area contributed by atoms with Crippen molar-refractivity contribution < 1.29 is 9.18 Å². The average Bonchev–Trinajstić information content (AvgIpc) is 1.93. The number of halogens is 1. The summed E-state index contributed by atoms with van der Waals surface area (Å²) >= 11 is 0. The van der Waals surface area contributed by atoms with Crippen molar-refractivity contribution in [3.05, 3.63) is 0 Å². The average molecular weight is 130 g/mol. The van der Waals surface area contributed by atoms with Crippen molar-refractivity contribution in [3.8, 4) is 0 Å². The highest BCUT2D eigenvalue weighted by atomic mass is 19.1. The number of hydrogen-bond acceptors (Lipinski definition) is 1. The smallest absolute Gasteiger partial charge is 0.135 e. The van der Waals surface area contributed by atoms with Crippen LogP contribution in [0.3, 0.4) is 0 Å². The number of hydrogen-bond donors (Lipinski definition) is 0. The highest BCUT2D eigenvalue weighted by molar-refractivity contribution is 5.79. The molecule has 0 aromatic heterocycles. The lowest BCUT2D eigenvalue weighted by Crippen LogP contribution is -2.03. The van der Waals surface area contributed by atoms with Crippen molar-refractivity contribution in [2.24, 2.45) is 0 Å². The van der Waals surface area contributed by atoms with Crippen molar-refractivity contribution in [3.63, 3.8) is 0 Å². The number of alkyl halides is 1. The van der Waals surface area contributed by atoms with Gasteiger partial charge < -0.3 is 0 Å². The van der Waals surface area contributed by atoms with Gasteiger partial charge in [0, 0.05) is 12.8 Å². The Kier molecular flexibility index (Phi) is 2.20. The van der Waals surface area contributed by atoms with Gasteiger partial charge in [0.25, 0.3) is 0 Å². The van der Waals surface area contributed by atoms with Crippen LogP contribution in [0, 0.1) is 0 Å². The van der Waals surface area contributed by atoms with Crippen molar-refractivity contribution in [1.82, 2.24) is 0 Å². The Morgan fingerprint density at radius 3 is 3.00 bits per heavy atom. The van der Waals surface area contributed by atoms with E-state index in [1.54, 1.807) is 0 Å². The number of rotatable bonds is 0. The summed E-state index contributed by atoms with van der Waals surface area (Å²) in [7, 11) is 0. The second-order valence-electron chi connectivity index (χ2n) is 2.59. The van der Waals surface area contributed by atoms with Crippen molar-refractivity contribution in [2.75, 3.05) is 0 Å². The lowest BCUT2D eigenvalue weighted by molar-refractivity contribution is -0.119. The molecule has 1 unspecified atom stereocenters. The van der Waals surface area contributed by atoms with E-state index in [1.807, 2.05) is 0 Å². The third-order valence-corrected chi connectivity index (χ3v) is 1.67. The summed E-state index contributed by atoms with van der Waals surface area (Å²) in [6.45, 7) is 0. The number of carbonyl (C=O) groups excluding carboxylic acids is 1. The van der Waals surface area contributed by atoms with E-state index in [1.165, 1.54) is 0 Å². The van der Waals surface area contributed by atoms with Gasteiger partial charge in [0.05, 0.1) is 0 Å². The molecule has 1 atom stereocenters. The molecule has 1 rings (SSSR count). The summed E-state index contributed by atoms with van der Waals surface area (Å²) in [6.07, 6.45) is 2.28. The monoisotopic (exact) mass is 130 g/mol. The minimum absolute atomic E-state index is 0.0972. The summed E-state index contributed by atoms with van der Waals surface area (Å²) in [4.78, 5) is 10.7. The zero-order valence-electron chi connectivity index (χ0n) is 5.40. The van der Waals surface area contributed by atoms with Gasteiger partial charge in [-0.3, -0.25) is 4.79 Å². The number of Topliss-reactive ketones (excluding diaryl/α,β-unsaturated/α-hetero) is 1. The SMILES string of the molecule is O=C1CCCCC(F)C1. The topological polar surface area (TPSA) is 17.1 Å². The maximum Gasteiger partial charge on any atom is 0.135 e. The van der Waals surface area contributed by atoms with E-state index in [2.05, 4.69) is 0 Å². The van der Waals surface area contributed by atoms with Crippen LogP contribution in [-0.4, -0.2) is 12.0 Å². The van der Waals surface area contributed by atoms with E-state index < -0.39 is 6.17 Å². The number of ketones is 1. The van der Waals surface area contributed by atoms with Gasteiger partial charge in [0.2, 0.25) is 0 Å². The fourth-order valence-electron chi connectivity index (χ4n) is 1.14. The van der Waals surface area contributed by atoms with Crippen molar-refractivity contribution in [2.45, 2.75) is 38.3 Å². The van der Waals surface area contributed by atoms with Gasteiger partial charge in [-0.15, -0.1) is 0 Å². The Morgan fingerprint density at radius 1 is 1.44 bits per heavy atom.